The normalized spacial score (nSPS) is 14.0. The quantitative estimate of drug-likeness (QED) is 0.652. The Balaban J connectivity index is 2.00. The molecule has 3 heteroatoms. The predicted octanol–water partition coefficient (Wildman–Crippen LogP) is 5.28. The Morgan fingerprint density at radius 1 is 0.833 bits per heavy atom. The molecule has 0 N–H and O–H groups in total. The Kier molecular flexibility index (Phi) is 3.35. The zero-order valence-corrected chi connectivity index (χ0v) is 12.8. The van der Waals surface area contributed by atoms with Crippen molar-refractivity contribution in [1.29, 1.82) is 0 Å². The van der Waals surface area contributed by atoms with Gasteiger partial charge in [-0.25, -0.2) is 0 Å². The van der Waals surface area contributed by atoms with Gasteiger partial charge < -0.3 is 0 Å². The van der Waals surface area contributed by atoms with Crippen molar-refractivity contribution in [3.63, 3.8) is 0 Å². The van der Waals surface area contributed by atoms with Crippen molar-refractivity contribution in [3.8, 4) is 0 Å². The fraction of sp³-hybridized carbons (Fsp3) is 0.133. The third-order valence-electron chi connectivity index (χ3n) is 3.11. The fourth-order valence-corrected chi connectivity index (χ4v) is 2.84. The molecule has 90 valence electrons. The minimum absolute atomic E-state index is 1.01. The van der Waals surface area contributed by atoms with Gasteiger partial charge in [0.1, 0.15) is 0 Å². The van der Waals surface area contributed by atoms with Gasteiger partial charge in [-0.2, -0.15) is 0 Å². The second-order valence-electron chi connectivity index (χ2n) is 4.34. The molecule has 0 spiro atoms. The number of benzene rings is 2. The summed E-state index contributed by atoms with van der Waals surface area (Å²) in [5.74, 6) is 0. The average molecular weight is 365 g/mol. The van der Waals surface area contributed by atoms with Gasteiger partial charge in [-0.15, -0.1) is 0 Å². The molecule has 2 aromatic carbocycles. The standard InChI is InChI=1S/C15H11Br2N/c16-12-4-1-10(2-5-12)14-7-3-11-9-13(17)6-8-15(11)18-14/h1-2,4-6,8-9H,3,7H2. The SMILES string of the molecule is Brc1ccc(C2=Nc3ccc(Br)cc3CC2)cc1. The topological polar surface area (TPSA) is 12.4 Å². The third kappa shape index (κ3) is 2.43. The van der Waals surface area contributed by atoms with Crippen LogP contribution in [0.15, 0.2) is 56.4 Å². The molecule has 0 saturated heterocycles. The summed E-state index contributed by atoms with van der Waals surface area (Å²) < 4.78 is 2.23. The molecule has 1 aliphatic rings. The molecule has 0 aromatic heterocycles. The molecular weight excluding hydrogens is 354 g/mol. The van der Waals surface area contributed by atoms with E-state index in [1.165, 1.54) is 16.8 Å². The molecule has 0 fully saturated rings. The Hall–Kier alpha value is -0.930. The Bertz CT molecular complexity index is 615. The summed E-state index contributed by atoms with van der Waals surface area (Å²) in [5, 5.41) is 0. The van der Waals surface area contributed by atoms with Crippen molar-refractivity contribution in [3.05, 3.63) is 62.5 Å². The molecule has 18 heavy (non-hydrogen) atoms. The van der Waals surface area contributed by atoms with Gasteiger partial charge in [0.25, 0.3) is 0 Å². The average Bonchev–Trinajstić information content (AvgIpc) is 2.39. The number of aryl methyl sites for hydroxylation is 1. The smallest absolute Gasteiger partial charge is 0.0666 e. The first-order valence-electron chi connectivity index (χ1n) is 5.84. The van der Waals surface area contributed by atoms with E-state index >= 15 is 0 Å². The van der Waals surface area contributed by atoms with E-state index in [0.717, 1.165) is 27.5 Å². The van der Waals surface area contributed by atoms with Crippen LogP contribution >= 0.6 is 31.9 Å². The van der Waals surface area contributed by atoms with Gasteiger partial charge in [0.15, 0.2) is 0 Å². The summed E-state index contributed by atoms with van der Waals surface area (Å²) in [6.07, 6.45) is 2.06. The van der Waals surface area contributed by atoms with E-state index < -0.39 is 0 Å². The number of rotatable bonds is 1. The maximum absolute atomic E-state index is 4.77. The third-order valence-corrected chi connectivity index (χ3v) is 4.13. The van der Waals surface area contributed by atoms with E-state index in [-0.39, 0.29) is 0 Å². The van der Waals surface area contributed by atoms with Crippen LogP contribution in [0.25, 0.3) is 0 Å². The molecule has 3 rings (SSSR count). The molecule has 0 aliphatic carbocycles. The molecule has 0 saturated carbocycles. The zero-order chi connectivity index (χ0) is 12.5. The highest BCUT2D eigenvalue weighted by atomic mass is 79.9. The summed E-state index contributed by atoms with van der Waals surface area (Å²) in [7, 11) is 0. The summed E-state index contributed by atoms with van der Waals surface area (Å²) in [4.78, 5) is 4.77. The number of fused-ring (bicyclic) bond motifs is 1. The van der Waals surface area contributed by atoms with Gasteiger partial charge in [0.2, 0.25) is 0 Å². The summed E-state index contributed by atoms with van der Waals surface area (Å²) in [5.41, 5.74) is 4.82. The van der Waals surface area contributed by atoms with Gasteiger partial charge in [0, 0.05) is 14.7 Å². The zero-order valence-electron chi connectivity index (χ0n) is 9.66. The molecule has 0 unspecified atom stereocenters. The Morgan fingerprint density at radius 2 is 1.56 bits per heavy atom. The van der Waals surface area contributed by atoms with Crippen molar-refractivity contribution in [1.82, 2.24) is 0 Å². The van der Waals surface area contributed by atoms with Crippen LogP contribution in [0.2, 0.25) is 0 Å². The largest absolute Gasteiger partial charge is 0.253 e. The van der Waals surface area contributed by atoms with Gasteiger partial charge >= 0.3 is 0 Å². The van der Waals surface area contributed by atoms with Crippen molar-refractivity contribution in [2.45, 2.75) is 12.8 Å². The van der Waals surface area contributed by atoms with E-state index in [2.05, 4.69) is 68.3 Å². The van der Waals surface area contributed by atoms with Gasteiger partial charge in [-0.1, -0.05) is 44.0 Å². The lowest BCUT2D eigenvalue weighted by Gasteiger charge is -2.16. The molecule has 0 atom stereocenters. The first-order valence-corrected chi connectivity index (χ1v) is 7.43. The number of nitrogens with zero attached hydrogens (tertiary/aromatic N) is 1. The van der Waals surface area contributed by atoms with Crippen molar-refractivity contribution in [2.75, 3.05) is 0 Å². The van der Waals surface area contributed by atoms with Gasteiger partial charge in [-0.05, 0) is 54.3 Å². The van der Waals surface area contributed by atoms with E-state index in [9.17, 15) is 0 Å². The highest BCUT2D eigenvalue weighted by Gasteiger charge is 2.13. The first-order chi connectivity index (χ1) is 8.72. The van der Waals surface area contributed by atoms with Gasteiger partial charge in [-0.3, -0.25) is 4.99 Å². The molecule has 0 amide bonds. The highest BCUT2D eigenvalue weighted by Crippen LogP contribution is 2.30. The van der Waals surface area contributed by atoms with Crippen LogP contribution in [0.4, 0.5) is 5.69 Å². The van der Waals surface area contributed by atoms with Crippen LogP contribution in [0.3, 0.4) is 0 Å². The van der Waals surface area contributed by atoms with Crippen LogP contribution in [0, 0.1) is 0 Å². The summed E-state index contributed by atoms with van der Waals surface area (Å²) >= 11 is 6.96. The number of hydrogen-bond acceptors (Lipinski definition) is 1. The molecule has 1 heterocycles. The van der Waals surface area contributed by atoms with Gasteiger partial charge in [0.05, 0.1) is 5.69 Å². The molecule has 0 radical (unpaired) electrons. The lowest BCUT2D eigenvalue weighted by molar-refractivity contribution is 1.01. The van der Waals surface area contributed by atoms with Crippen molar-refractivity contribution >= 4 is 43.3 Å². The van der Waals surface area contributed by atoms with Crippen LogP contribution in [0.1, 0.15) is 17.5 Å². The molecule has 1 aliphatic heterocycles. The molecule has 2 aromatic rings. The maximum atomic E-state index is 4.77. The van der Waals surface area contributed by atoms with E-state index in [1.54, 1.807) is 0 Å². The van der Waals surface area contributed by atoms with E-state index in [1.807, 2.05) is 6.07 Å². The predicted molar refractivity (Wildman–Crippen MR) is 82.8 cm³/mol. The van der Waals surface area contributed by atoms with E-state index in [4.69, 9.17) is 4.99 Å². The summed E-state index contributed by atoms with van der Waals surface area (Å²) in [6.45, 7) is 0. The monoisotopic (exact) mass is 363 g/mol. The van der Waals surface area contributed by atoms with Crippen LogP contribution < -0.4 is 0 Å². The summed E-state index contributed by atoms with van der Waals surface area (Å²) in [6, 6.07) is 14.7. The van der Waals surface area contributed by atoms with Crippen molar-refractivity contribution < 1.29 is 0 Å². The Morgan fingerprint density at radius 3 is 2.33 bits per heavy atom. The molecular formula is C15H11Br2N. The minimum Gasteiger partial charge on any atom is -0.253 e. The minimum atomic E-state index is 1.01. The number of halogens is 2. The first kappa shape index (κ1) is 12.1. The maximum Gasteiger partial charge on any atom is 0.0666 e. The molecule has 1 nitrogen and oxygen atoms in total. The lowest BCUT2D eigenvalue weighted by Crippen LogP contribution is -2.07. The van der Waals surface area contributed by atoms with Crippen molar-refractivity contribution in [2.24, 2.45) is 4.99 Å². The fourth-order valence-electron chi connectivity index (χ4n) is 2.17. The second-order valence-corrected chi connectivity index (χ2v) is 6.17. The highest BCUT2D eigenvalue weighted by molar-refractivity contribution is 9.10. The van der Waals surface area contributed by atoms with Crippen LogP contribution in [-0.2, 0) is 6.42 Å². The number of aliphatic imine (C=N–C) groups is 1. The molecule has 0 bridgehead atoms. The van der Waals surface area contributed by atoms with Crippen LogP contribution in [-0.4, -0.2) is 5.71 Å². The second kappa shape index (κ2) is 4.98. The van der Waals surface area contributed by atoms with Crippen LogP contribution in [0.5, 0.6) is 0 Å². The number of hydrogen-bond donors (Lipinski definition) is 0. The van der Waals surface area contributed by atoms with E-state index in [0.29, 0.717) is 0 Å². The lowest BCUT2D eigenvalue weighted by atomic mass is 9.97. The Labute approximate surface area is 123 Å².